The number of ether oxygens (including phenoxy) is 1. The lowest BCUT2D eigenvalue weighted by Crippen LogP contribution is -2.15. The number of nitrogens with one attached hydrogen (secondary N) is 1. The molecule has 1 aromatic heterocycles. The summed E-state index contributed by atoms with van der Waals surface area (Å²) in [6, 6.07) is 7.83. The van der Waals surface area contributed by atoms with E-state index in [2.05, 4.69) is 15.3 Å². The average molecular weight is 201 g/mol. The standard InChI is InChI=1S/C11H11N3O/c1-2-4-9-8(3-1)13-7-10(14-9)11-12-5-6-15-11/h1-4,7,11-12H,5-6H2. The Bertz CT molecular complexity index is 480. The minimum absolute atomic E-state index is 0.0953. The van der Waals surface area contributed by atoms with Gasteiger partial charge < -0.3 is 4.74 Å². The van der Waals surface area contributed by atoms with Crippen molar-refractivity contribution in [2.75, 3.05) is 13.2 Å². The van der Waals surface area contributed by atoms with E-state index in [1.165, 1.54) is 0 Å². The molecule has 0 bridgehead atoms. The Morgan fingerprint density at radius 3 is 2.93 bits per heavy atom. The summed E-state index contributed by atoms with van der Waals surface area (Å²) >= 11 is 0. The summed E-state index contributed by atoms with van der Waals surface area (Å²) in [6.07, 6.45) is 1.67. The van der Waals surface area contributed by atoms with Gasteiger partial charge in [-0.05, 0) is 12.1 Å². The van der Waals surface area contributed by atoms with Gasteiger partial charge in [-0.2, -0.15) is 0 Å². The van der Waals surface area contributed by atoms with E-state index < -0.39 is 0 Å². The Morgan fingerprint density at radius 2 is 2.13 bits per heavy atom. The van der Waals surface area contributed by atoms with Crippen LogP contribution in [-0.2, 0) is 4.74 Å². The van der Waals surface area contributed by atoms with Crippen molar-refractivity contribution in [1.29, 1.82) is 0 Å². The lowest BCUT2D eigenvalue weighted by Gasteiger charge is -2.08. The predicted octanol–water partition coefficient (Wildman–Crippen LogP) is 1.25. The van der Waals surface area contributed by atoms with Gasteiger partial charge in [0.1, 0.15) is 5.69 Å². The largest absolute Gasteiger partial charge is 0.356 e. The van der Waals surface area contributed by atoms with Crippen LogP contribution in [-0.4, -0.2) is 23.1 Å². The Balaban J connectivity index is 2.05. The number of fused-ring (bicyclic) bond motifs is 1. The molecule has 0 spiro atoms. The zero-order chi connectivity index (χ0) is 10.1. The minimum Gasteiger partial charge on any atom is -0.356 e. The summed E-state index contributed by atoms with van der Waals surface area (Å²) in [6.45, 7) is 1.61. The molecule has 1 saturated heterocycles. The third kappa shape index (κ3) is 1.58. The number of nitrogens with zero attached hydrogens (tertiary/aromatic N) is 2. The molecule has 1 fully saturated rings. The molecule has 15 heavy (non-hydrogen) atoms. The second-order valence-corrected chi connectivity index (χ2v) is 3.49. The highest BCUT2D eigenvalue weighted by Gasteiger charge is 2.18. The van der Waals surface area contributed by atoms with Crippen molar-refractivity contribution in [3.05, 3.63) is 36.2 Å². The summed E-state index contributed by atoms with van der Waals surface area (Å²) in [5, 5.41) is 3.21. The second kappa shape index (κ2) is 3.56. The van der Waals surface area contributed by atoms with Gasteiger partial charge in [-0.25, -0.2) is 4.98 Å². The van der Waals surface area contributed by atoms with E-state index in [-0.39, 0.29) is 6.23 Å². The van der Waals surface area contributed by atoms with E-state index in [0.29, 0.717) is 0 Å². The van der Waals surface area contributed by atoms with Crippen LogP contribution >= 0.6 is 0 Å². The van der Waals surface area contributed by atoms with Crippen molar-refractivity contribution >= 4 is 11.0 Å². The zero-order valence-electron chi connectivity index (χ0n) is 8.18. The maximum Gasteiger partial charge on any atom is 0.153 e. The number of benzene rings is 1. The molecule has 2 aromatic rings. The Kier molecular flexibility index (Phi) is 2.08. The molecule has 76 valence electrons. The van der Waals surface area contributed by atoms with Gasteiger partial charge in [0.05, 0.1) is 23.8 Å². The summed E-state index contributed by atoms with van der Waals surface area (Å²) in [5.41, 5.74) is 2.68. The first-order chi connectivity index (χ1) is 7.43. The molecule has 0 saturated carbocycles. The van der Waals surface area contributed by atoms with Crippen LogP contribution in [0, 0.1) is 0 Å². The number of rotatable bonds is 1. The second-order valence-electron chi connectivity index (χ2n) is 3.49. The maximum atomic E-state index is 5.47. The molecule has 0 aliphatic carbocycles. The van der Waals surface area contributed by atoms with Crippen molar-refractivity contribution in [2.45, 2.75) is 6.23 Å². The van der Waals surface area contributed by atoms with Crippen molar-refractivity contribution in [2.24, 2.45) is 0 Å². The van der Waals surface area contributed by atoms with Crippen molar-refractivity contribution in [3.8, 4) is 0 Å². The Labute approximate surface area is 87.3 Å². The summed E-state index contributed by atoms with van der Waals surface area (Å²) in [5.74, 6) is 0. The van der Waals surface area contributed by atoms with Crippen LogP contribution in [0.1, 0.15) is 11.9 Å². The van der Waals surface area contributed by atoms with Gasteiger partial charge in [0.2, 0.25) is 0 Å². The molecule has 3 rings (SSSR count). The normalized spacial score (nSPS) is 20.9. The molecule has 1 aromatic carbocycles. The molecular formula is C11H11N3O. The highest BCUT2D eigenvalue weighted by molar-refractivity contribution is 5.73. The lowest BCUT2D eigenvalue weighted by molar-refractivity contribution is 0.0985. The molecule has 0 amide bonds. The Morgan fingerprint density at radius 1 is 1.27 bits per heavy atom. The first kappa shape index (κ1) is 8.76. The van der Waals surface area contributed by atoms with Crippen LogP contribution < -0.4 is 5.32 Å². The third-order valence-electron chi connectivity index (χ3n) is 2.45. The smallest absolute Gasteiger partial charge is 0.153 e. The molecular weight excluding hydrogens is 190 g/mol. The lowest BCUT2D eigenvalue weighted by atomic mass is 10.3. The molecule has 2 heterocycles. The summed E-state index contributed by atoms with van der Waals surface area (Å²) in [4.78, 5) is 8.85. The predicted molar refractivity (Wildman–Crippen MR) is 56.2 cm³/mol. The van der Waals surface area contributed by atoms with Crippen molar-refractivity contribution < 1.29 is 4.74 Å². The van der Waals surface area contributed by atoms with Crippen LogP contribution in [0.3, 0.4) is 0 Å². The Hall–Kier alpha value is -1.52. The van der Waals surface area contributed by atoms with Gasteiger partial charge in [0.25, 0.3) is 0 Å². The fraction of sp³-hybridized carbons (Fsp3) is 0.273. The molecule has 1 atom stereocenters. The van der Waals surface area contributed by atoms with Gasteiger partial charge in [0, 0.05) is 6.54 Å². The SMILES string of the molecule is c1ccc2nc(C3NCCO3)cnc2c1. The quantitative estimate of drug-likeness (QED) is 0.754. The van der Waals surface area contributed by atoms with Gasteiger partial charge in [-0.15, -0.1) is 0 Å². The average Bonchev–Trinajstić information content (AvgIpc) is 2.82. The van der Waals surface area contributed by atoms with E-state index in [1.54, 1.807) is 6.20 Å². The molecule has 0 radical (unpaired) electrons. The fourth-order valence-corrected chi connectivity index (χ4v) is 1.71. The molecule has 4 nitrogen and oxygen atoms in total. The van der Waals surface area contributed by atoms with Crippen LogP contribution in [0.25, 0.3) is 11.0 Å². The van der Waals surface area contributed by atoms with Crippen LogP contribution in [0.15, 0.2) is 30.5 Å². The molecule has 1 aliphatic rings. The monoisotopic (exact) mass is 201 g/mol. The number of aromatic nitrogens is 2. The minimum atomic E-state index is -0.0953. The van der Waals surface area contributed by atoms with E-state index in [4.69, 9.17) is 4.74 Å². The van der Waals surface area contributed by atoms with Crippen LogP contribution in [0.5, 0.6) is 0 Å². The number of hydrogen-bond acceptors (Lipinski definition) is 4. The first-order valence-electron chi connectivity index (χ1n) is 5.00. The van der Waals surface area contributed by atoms with E-state index in [1.807, 2.05) is 24.3 Å². The highest BCUT2D eigenvalue weighted by Crippen LogP contribution is 2.17. The van der Waals surface area contributed by atoms with Gasteiger partial charge in [-0.1, -0.05) is 12.1 Å². The summed E-state index contributed by atoms with van der Waals surface area (Å²) in [7, 11) is 0. The molecule has 1 unspecified atom stereocenters. The zero-order valence-corrected chi connectivity index (χ0v) is 8.18. The van der Waals surface area contributed by atoms with Gasteiger partial charge in [-0.3, -0.25) is 10.3 Å². The van der Waals surface area contributed by atoms with Crippen LogP contribution in [0.2, 0.25) is 0 Å². The van der Waals surface area contributed by atoms with E-state index in [9.17, 15) is 0 Å². The third-order valence-corrected chi connectivity index (χ3v) is 2.45. The van der Waals surface area contributed by atoms with Gasteiger partial charge in [0.15, 0.2) is 6.23 Å². The van der Waals surface area contributed by atoms with Crippen molar-refractivity contribution in [3.63, 3.8) is 0 Å². The van der Waals surface area contributed by atoms with Crippen molar-refractivity contribution in [1.82, 2.24) is 15.3 Å². The summed E-state index contributed by atoms with van der Waals surface area (Å²) < 4.78 is 5.47. The molecule has 1 N–H and O–H groups in total. The number of para-hydroxylation sites is 2. The van der Waals surface area contributed by atoms with E-state index in [0.717, 1.165) is 29.9 Å². The van der Waals surface area contributed by atoms with Crippen LogP contribution in [0.4, 0.5) is 0 Å². The topological polar surface area (TPSA) is 47.0 Å². The van der Waals surface area contributed by atoms with E-state index >= 15 is 0 Å². The maximum absolute atomic E-state index is 5.47. The highest BCUT2D eigenvalue weighted by atomic mass is 16.5. The first-order valence-corrected chi connectivity index (χ1v) is 5.00. The van der Waals surface area contributed by atoms with Gasteiger partial charge >= 0.3 is 0 Å². The molecule has 4 heteroatoms. The molecule has 1 aliphatic heterocycles. The fourth-order valence-electron chi connectivity index (χ4n) is 1.71. The number of hydrogen-bond donors (Lipinski definition) is 1.